The first-order valence-electron chi connectivity index (χ1n) is 10.7. The molecule has 30 heavy (non-hydrogen) atoms. The molecule has 10 heteroatoms. The first-order valence-corrected chi connectivity index (χ1v) is 12.2. The van der Waals surface area contributed by atoms with Gasteiger partial charge in [-0.25, -0.2) is 4.57 Å². The predicted molar refractivity (Wildman–Crippen MR) is 112 cm³/mol. The molecule has 0 aliphatic rings. The fourth-order valence-corrected chi connectivity index (χ4v) is 3.23. The van der Waals surface area contributed by atoms with E-state index in [1.54, 1.807) is 0 Å². The van der Waals surface area contributed by atoms with E-state index in [0.29, 0.717) is 19.4 Å². The first kappa shape index (κ1) is 29.0. The number of phosphoric acid groups is 1. The van der Waals surface area contributed by atoms with Gasteiger partial charge in [0.1, 0.15) is 13.2 Å². The third-order valence-corrected chi connectivity index (χ3v) is 5.05. The molecule has 0 amide bonds. The fourth-order valence-electron chi connectivity index (χ4n) is 2.44. The molecule has 0 bridgehead atoms. The van der Waals surface area contributed by atoms with Gasteiger partial charge in [-0.3, -0.25) is 18.6 Å². The second-order valence-electron chi connectivity index (χ2n) is 6.93. The topological polar surface area (TPSA) is 136 Å². The smallest absolute Gasteiger partial charge is 0.462 e. The van der Waals surface area contributed by atoms with Crippen molar-refractivity contribution in [2.75, 3.05) is 26.4 Å². The highest BCUT2D eigenvalue weighted by atomic mass is 31.2. The van der Waals surface area contributed by atoms with Gasteiger partial charge in [0.15, 0.2) is 6.10 Å². The minimum absolute atomic E-state index is 0.0478. The molecule has 0 fully saturated rings. The number of hydrogen-bond donors (Lipinski definition) is 2. The molecule has 0 saturated carbocycles. The van der Waals surface area contributed by atoms with Crippen LogP contribution in [0, 0.1) is 13.8 Å². The zero-order chi connectivity index (χ0) is 22.7. The van der Waals surface area contributed by atoms with Gasteiger partial charge in [0.05, 0.1) is 13.2 Å². The van der Waals surface area contributed by atoms with Crippen molar-refractivity contribution < 1.29 is 43.3 Å². The molecular formula is C20H39NO8P-. The van der Waals surface area contributed by atoms with Crippen LogP contribution in [0.1, 0.15) is 70.6 Å². The predicted octanol–water partition coefficient (Wildman–Crippen LogP) is 2.78. The van der Waals surface area contributed by atoms with E-state index in [4.69, 9.17) is 18.5 Å². The monoisotopic (exact) mass is 452 g/mol. The molecule has 0 radical (unpaired) electrons. The van der Waals surface area contributed by atoms with E-state index in [1.807, 2.05) is 0 Å². The van der Waals surface area contributed by atoms with Crippen LogP contribution < -0.4 is 5.73 Å². The van der Waals surface area contributed by atoms with Crippen LogP contribution in [-0.2, 0) is 32.7 Å². The molecular weight excluding hydrogens is 413 g/mol. The fraction of sp³-hybridized carbons (Fsp3) is 0.800. The van der Waals surface area contributed by atoms with Gasteiger partial charge < -0.3 is 33.9 Å². The van der Waals surface area contributed by atoms with Crippen molar-refractivity contribution in [2.45, 2.75) is 76.7 Å². The second kappa shape index (κ2) is 18.8. The van der Waals surface area contributed by atoms with Gasteiger partial charge >= 0.3 is 19.8 Å². The molecule has 0 saturated heterocycles. The normalized spacial score (nSPS) is 14.1. The first-order chi connectivity index (χ1) is 14.3. The van der Waals surface area contributed by atoms with Crippen LogP contribution in [0.25, 0.3) is 0 Å². The average molecular weight is 453 g/mol. The second-order valence-corrected chi connectivity index (χ2v) is 8.38. The molecule has 4 N–H and O–H groups in total. The van der Waals surface area contributed by atoms with Crippen molar-refractivity contribution in [1.29, 1.82) is 0 Å². The van der Waals surface area contributed by atoms with E-state index in [9.17, 15) is 19.0 Å². The number of quaternary nitrogens is 1. The van der Waals surface area contributed by atoms with E-state index >= 15 is 0 Å². The van der Waals surface area contributed by atoms with Crippen LogP contribution in [0.15, 0.2) is 0 Å². The Morgan fingerprint density at radius 1 is 0.867 bits per heavy atom. The molecule has 2 atom stereocenters. The Kier molecular flexibility index (Phi) is 18.1. The maximum Gasteiger partial charge on any atom is 0.472 e. The number of carbonyl (C=O) groups is 2. The summed E-state index contributed by atoms with van der Waals surface area (Å²) < 4.78 is 31.8. The van der Waals surface area contributed by atoms with E-state index < -0.39 is 32.5 Å². The Morgan fingerprint density at radius 2 is 1.43 bits per heavy atom. The molecule has 0 aliphatic heterocycles. The van der Waals surface area contributed by atoms with Gasteiger partial charge in [-0.15, -0.1) is 0 Å². The Morgan fingerprint density at radius 3 is 2.03 bits per heavy atom. The van der Waals surface area contributed by atoms with Crippen LogP contribution in [0.5, 0.6) is 0 Å². The van der Waals surface area contributed by atoms with Crippen molar-refractivity contribution in [1.82, 2.24) is 0 Å². The molecule has 0 aromatic heterocycles. The van der Waals surface area contributed by atoms with Crippen molar-refractivity contribution in [3.8, 4) is 0 Å². The largest absolute Gasteiger partial charge is 0.472 e. The molecule has 0 rings (SSSR count). The van der Waals surface area contributed by atoms with Crippen LogP contribution in [0.2, 0.25) is 0 Å². The Bertz CT molecular complexity index is 503. The van der Waals surface area contributed by atoms with Crippen LogP contribution in [0.4, 0.5) is 0 Å². The van der Waals surface area contributed by atoms with E-state index in [2.05, 4.69) is 19.6 Å². The molecule has 0 spiro atoms. The molecule has 1 unspecified atom stereocenters. The summed E-state index contributed by atoms with van der Waals surface area (Å²) in [4.78, 5) is 33.5. The number of hydrogen-bond acceptors (Lipinski definition) is 7. The number of unbranched alkanes of at least 4 members (excludes halogenated alkanes) is 7. The van der Waals surface area contributed by atoms with E-state index in [-0.39, 0.29) is 26.1 Å². The quantitative estimate of drug-likeness (QED) is 0.125. The van der Waals surface area contributed by atoms with Crippen molar-refractivity contribution >= 4 is 19.8 Å². The molecule has 0 aromatic rings. The van der Waals surface area contributed by atoms with Gasteiger partial charge in [-0.05, 0) is 12.8 Å². The molecule has 0 heterocycles. The van der Waals surface area contributed by atoms with Gasteiger partial charge in [0, 0.05) is 12.8 Å². The third kappa shape index (κ3) is 17.8. The van der Waals surface area contributed by atoms with Gasteiger partial charge in [-0.2, -0.15) is 12.8 Å². The number of ether oxygens (including phenoxy) is 2. The minimum atomic E-state index is -4.30. The standard InChI is InChI=1S/C20H38NO8P/c1-3-5-7-9-11-13-20(23)29-18(17-28-30(24,25)27-15-14-21)16-26-19(22)12-10-8-6-4-2/h18H,1-17,21H2,(H,24,25)/q-2/p+1/t18-/m1/s1. The zero-order valence-corrected chi connectivity index (χ0v) is 19.0. The third-order valence-electron chi connectivity index (χ3n) is 4.06. The molecule has 178 valence electrons. The van der Waals surface area contributed by atoms with Crippen molar-refractivity contribution in [3.63, 3.8) is 0 Å². The summed E-state index contributed by atoms with van der Waals surface area (Å²) in [5, 5.41) is 0. The van der Waals surface area contributed by atoms with Crippen molar-refractivity contribution in [2.24, 2.45) is 0 Å². The van der Waals surface area contributed by atoms with Gasteiger partial charge in [0.2, 0.25) is 0 Å². The number of phosphoric ester groups is 1. The Labute approximate surface area is 180 Å². The molecule has 0 aromatic carbocycles. The molecule has 0 aliphatic carbocycles. The van der Waals surface area contributed by atoms with Crippen LogP contribution in [0.3, 0.4) is 0 Å². The summed E-state index contributed by atoms with van der Waals surface area (Å²) in [6.45, 7) is 7.09. The van der Waals surface area contributed by atoms with E-state index in [0.717, 1.165) is 44.9 Å². The maximum atomic E-state index is 12.1. The number of esters is 2. The van der Waals surface area contributed by atoms with E-state index in [1.165, 1.54) is 0 Å². The summed E-state index contributed by atoms with van der Waals surface area (Å²) >= 11 is 0. The zero-order valence-electron chi connectivity index (χ0n) is 18.1. The number of carbonyl (C=O) groups excluding carboxylic acids is 2. The lowest BCUT2D eigenvalue weighted by atomic mass is 10.1. The van der Waals surface area contributed by atoms with Crippen LogP contribution >= 0.6 is 7.82 Å². The number of rotatable bonds is 20. The highest BCUT2D eigenvalue weighted by Crippen LogP contribution is 2.43. The van der Waals surface area contributed by atoms with Crippen LogP contribution in [-0.4, -0.2) is 49.3 Å². The van der Waals surface area contributed by atoms with Crippen molar-refractivity contribution in [3.05, 3.63) is 13.8 Å². The highest BCUT2D eigenvalue weighted by Gasteiger charge is 2.26. The molecule has 9 nitrogen and oxygen atoms in total. The Hall–Kier alpha value is -0.990. The highest BCUT2D eigenvalue weighted by molar-refractivity contribution is 7.47. The SMILES string of the molecule is [CH2-]CCCCCCC(=O)O[C@H](COC(=O)CCCCC[CH2-])COP(=O)(O)OCC[NH3+]. The lowest BCUT2D eigenvalue weighted by Crippen LogP contribution is -2.52. The minimum Gasteiger partial charge on any atom is -0.462 e. The summed E-state index contributed by atoms with van der Waals surface area (Å²) in [6.07, 6.45) is 7.21. The summed E-state index contributed by atoms with van der Waals surface area (Å²) in [5.41, 5.74) is 3.51. The Balaban J connectivity index is 4.50. The lowest BCUT2D eigenvalue weighted by Gasteiger charge is -2.19. The van der Waals surface area contributed by atoms with Gasteiger partial charge in [0.25, 0.3) is 0 Å². The summed E-state index contributed by atoms with van der Waals surface area (Å²) in [7, 11) is -4.30. The lowest BCUT2D eigenvalue weighted by molar-refractivity contribution is -0.371. The summed E-state index contributed by atoms with van der Waals surface area (Å²) in [5.74, 6) is -0.898. The van der Waals surface area contributed by atoms with Gasteiger partial charge in [-0.1, -0.05) is 32.1 Å². The maximum absolute atomic E-state index is 12.1. The average Bonchev–Trinajstić information content (AvgIpc) is 2.71. The summed E-state index contributed by atoms with van der Waals surface area (Å²) in [6, 6.07) is 0.